The molecule has 0 aliphatic carbocycles. The SMILES string of the molecule is c1ccc2c(c1)ccc1c3cccc(N(c4cccc5c4oc4ccccc45)c4cccc5c4oc4ccccc45)c3ccc21. The third-order valence-corrected chi connectivity index (χ3v) is 9.25. The Morgan fingerprint density at radius 3 is 1.40 bits per heavy atom. The van der Waals surface area contributed by atoms with E-state index in [0.717, 1.165) is 66.3 Å². The molecule has 0 aliphatic rings. The fourth-order valence-corrected chi connectivity index (χ4v) is 7.24. The molecule has 0 N–H and O–H groups in total. The average Bonchev–Trinajstić information content (AvgIpc) is 3.68. The summed E-state index contributed by atoms with van der Waals surface area (Å²) in [7, 11) is 0. The van der Waals surface area contributed by atoms with Crippen LogP contribution in [0.15, 0.2) is 160 Å². The van der Waals surface area contributed by atoms with E-state index in [-0.39, 0.29) is 0 Å². The van der Waals surface area contributed by atoms with Gasteiger partial charge in [-0.3, -0.25) is 0 Å². The number of para-hydroxylation sites is 4. The van der Waals surface area contributed by atoms with Gasteiger partial charge in [0.25, 0.3) is 0 Å². The van der Waals surface area contributed by atoms with Crippen LogP contribution in [0.3, 0.4) is 0 Å². The van der Waals surface area contributed by atoms with Gasteiger partial charge in [-0.25, -0.2) is 0 Å². The fourth-order valence-electron chi connectivity index (χ4n) is 7.24. The Morgan fingerprint density at radius 1 is 0.289 bits per heavy atom. The van der Waals surface area contributed by atoms with Gasteiger partial charge < -0.3 is 13.7 Å². The normalized spacial score (nSPS) is 12.0. The van der Waals surface area contributed by atoms with Gasteiger partial charge in [0.1, 0.15) is 11.2 Å². The number of anilines is 3. The maximum atomic E-state index is 6.64. The van der Waals surface area contributed by atoms with Gasteiger partial charge in [0, 0.05) is 26.9 Å². The molecule has 2 heterocycles. The molecule has 10 aromatic rings. The fraction of sp³-hybridized carbons (Fsp3) is 0. The standard InChI is InChI=1S/C42H25NO2/c1-2-11-27-26(10-1)22-23-30-28-14-7-17-36(31(28)25-24-29(27)30)43(37-18-8-15-34-32-12-3-5-20-39(32)44-41(34)37)38-19-9-16-35-33-13-4-6-21-40(33)45-42(35)38/h1-25H. The van der Waals surface area contributed by atoms with Crippen molar-refractivity contribution in [3.8, 4) is 0 Å². The summed E-state index contributed by atoms with van der Waals surface area (Å²) in [5, 5.41) is 11.7. The molecule has 0 saturated heterocycles. The molecule has 210 valence electrons. The minimum absolute atomic E-state index is 0.843. The Hall–Kier alpha value is -6.06. The zero-order valence-corrected chi connectivity index (χ0v) is 24.2. The summed E-state index contributed by atoms with van der Waals surface area (Å²) in [5.74, 6) is 0. The summed E-state index contributed by atoms with van der Waals surface area (Å²) in [4.78, 5) is 2.32. The number of nitrogens with zero attached hydrogens (tertiary/aromatic N) is 1. The molecular formula is C42H25NO2. The van der Waals surface area contributed by atoms with Crippen molar-refractivity contribution in [1.29, 1.82) is 0 Å². The van der Waals surface area contributed by atoms with Gasteiger partial charge in [-0.2, -0.15) is 0 Å². The number of benzene rings is 8. The lowest BCUT2D eigenvalue weighted by Crippen LogP contribution is -2.11. The number of furan rings is 2. The van der Waals surface area contributed by atoms with Crippen molar-refractivity contribution in [2.24, 2.45) is 0 Å². The second kappa shape index (κ2) is 9.22. The lowest BCUT2D eigenvalue weighted by molar-refractivity contribution is 0.666. The lowest BCUT2D eigenvalue weighted by Gasteiger charge is -2.27. The highest BCUT2D eigenvalue weighted by Crippen LogP contribution is 2.48. The summed E-state index contributed by atoms with van der Waals surface area (Å²) >= 11 is 0. The van der Waals surface area contributed by atoms with Crippen LogP contribution in [0.25, 0.3) is 76.2 Å². The smallest absolute Gasteiger partial charge is 0.159 e. The van der Waals surface area contributed by atoms with Crippen LogP contribution in [0.4, 0.5) is 17.1 Å². The van der Waals surface area contributed by atoms with E-state index < -0.39 is 0 Å². The Morgan fingerprint density at radius 2 is 0.733 bits per heavy atom. The predicted octanol–water partition coefficient (Wildman–Crippen LogP) is 12.4. The highest BCUT2D eigenvalue weighted by molar-refractivity contribution is 6.21. The van der Waals surface area contributed by atoms with E-state index in [1.807, 2.05) is 24.3 Å². The van der Waals surface area contributed by atoms with Crippen molar-refractivity contribution in [3.05, 3.63) is 152 Å². The van der Waals surface area contributed by atoms with Crippen LogP contribution in [-0.2, 0) is 0 Å². The molecule has 3 nitrogen and oxygen atoms in total. The second-order valence-electron chi connectivity index (χ2n) is 11.7. The van der Waals surface area contributed by atoms with Crippen LogP contribution in [0, 0.1) is 0 Å². The molecule has 0 fully saturated rings. The maximum Gasteiger partial charge on any atom is 0.159 e. The summed E-state index contributed by atoms with van der Waals surface area (Å²) in [6, 6.07) is 53.6. The number of hydrogen-bond acceptors (Lipinski definition) is 3. The van der Waals surface area contributed by atoms with E-state index in [0.29, 0.717) is 0 Å². The molecule has 0 saturated carbocycles. The number of fused-ring (bicyclic) bond motifs is 11. The van der Waals surface area contributed by atoms with Gasteiger partial charge >= 0.3 is 0 Å². The summed E-state index contributed by atoms with van der Waals surface area (Å²) in [5.41, 5.74) is 6.41. The van der Waals surface area contributed by atoms with Gasteiger partial charge in [-0.15, -0.1) is 0 Å². The van der Waals surface area contributed by atoms with Gasteiger partial charge in [0.15, 0.2) is 11.2 Å². The molecule has 0 atom stereocenters. The van der Waals surface area contributed by atoms with E-state index in [4.69, 9.17) is 8.83 Å². The first-order valence-electron chi connectivity index (χ1n) is 15.3. The van der Waals surface area contributed by atoms with Gasteiger partial charge in [-0.05, 0) is 57.3 Å². The lowest BCUT2D eigenvalue weighted by atomic mass is 9.96. The largest absolute Gasteiger partial charge is 0.454 e. The molecule has 2 aromatic heterocycles. The topological polar surface area (TPSA) is 29.5 Å². The Balaban J connectivity index is 1.33. The highest BCUT2D eigenvalue weighted by Gasteiger charge is 2.24. The number of hydrogen-bond donors (Lipinski definition) is 0. The Kier molecular flexibility index (Phi) is 5.00. The molecule has 3 heteroatoms. The van der Waals surface area contributed by atoms with E-state index in [1.165, 1.54) is 26.9 Å². The molecule has 0 amide bonds. The first kappa shape index (κ1) is 24.4. The second-order valence-corrected chi connectivity index (χ2v) is 11.7. The quantitative estimate of drug-likeness (QED) is 0.196. The van der Waals surface area contributed by atoms with Gasteiger partial charge in [-0.1, -0.05) is 121 Å². The van der Waals surface area contributed by atoms with Gasteiger partial charge in [0.2, 0.25) is 0 Å². The summed E-state index contributed by atoms with van der Waals surface area (Å²) in [6.45, 7) is 0. The van der Waals surface area contributed by atoms with Gasteiger partial charge in [0.05, 0.1) is 17.1 Å². The predicted molar refractivity (Wildman–Crippen MR) is 188 cm³/mol. The van der Waals surface area contributed by atoms with Crippen LogP contribution in [0.2, 0.25) is 0 Å². The molecule has 45 heavy (non-hydrogen) atoms. The molecular weight excluding hydrogens is 550 g/mol. The van der Waals surface area contributed by atoms with Crippen LogP contribution in [0.5, 0.6) is 0 Å². The van der Waals surface area contributed by atoms with E-state index in [2.05, 4.69) is 132 Å². The molecule has 0 bridgehead atoms. The zero-order valence-electron chi connectivity index (χ0n) is 24.2. The van der Waals surface area contributed by atoms with Crippen molar-refractivity contribution in [2.75, 3.05) is 4.90 Å². The van der Waals surface area contributed by atoms with Crippen molar-refractivity contribution in [3.63, 3.8) is 0 Å². The zero-order chi connectivity index (χ0) is 29.5. The molecule has 0 aliphatic heterocycles. The first-order valence-corrected chi connectivity index (χ1v) is 15.3. The Labute approximate surface area is 258 Å². The average molecular weight is 576 g/mol. The third kappa shape index (κ3) is 3.46. The molecule has 8 aromatic carbocycles. The molecule has 0 radical (unpaired) electrons. The van der Waals surface area contributed by atoms with E-state index >= 15 is 0 Å². The van der Waals surface area contributed by atoms with Crippen LogP contribution in [-0.4, -0.2) is 0 Å². The maximum absolute atomic E-state index is 6.64. The van der Waals surface area contributed by atoms with Crippen LogP contribution >= 0.6 is 0 Å². The molecule has 0 spiro atoms. The van der Waals surface area contributed by atoms with Crippen molar-refractivity contribution in [1.82, 2.24) is 0 Å². The minimum Gasteiger partial charge on any atom is -0.454 e. The van der Waals surface area contributed by atoms with Crippen molar-refractivity contribution >= 4 is 93.3 Å². The van der Waals surface area contributed by atoms with Crippen molar-refractivity contribution < 1.29 is 8.83 Å². The van der Waals surface area contributed by atoms with Crippen molar-refractivity contribution in [2.45, 2.75) is 0 Å². The van der Waals surface area contributed by atoms with E-state index in [9.17, 15) is 0 Å². The van der Waals surface area contributed by atoms with Crippen LogP contribution < -0.4 is 4.90 Å². The first-order chi connectivity index (χ1) is 22.3. The summed E-state index contributed by atoms with van der Waals surface area (Å²) in [6.07, 6.45) is 0. The minimum atomic E-state index is 0.843. The Bertz CT molecular complexity index is 2670. The third-order valence-electron chi connectivity index (χ3n) is 9.25. The van der Waals surface area contributed by atoms with E-state index in [1.54, 1.807) is 0 Å². The summed E-state index contributed by atoms with van der Waals surface area (Å²) < 4.78 is 13.3. The number of rotatable bonds is 3. The molecule has 0 unspecified atom stereocenters. The monoisotopic (exact) mass is 575 g/mol. The molecule has 10 rings (SSSR count). The highest BCUT2D eigenvalue weighted by atomic mass is 16.3. The van der Waals surface area contributed by atoms with Crippen LogP contribution in [0.1, 0.15) is 0 Å².